The summed E-state index contributed by atoms with van der Waals surface area (Å²) in [6.07, 6.45) is -0.923. The third-order valence-electron chi connectivity index (χ3n) is 2.18. The normalized spacial score (nSPS) is 22.5. The second-order valence-corrected chi connectivity index (χ2v) is 6.23. The molecule has 8 heteroatoms. The number of aliphatic hydroxyl groups excluding tert-OH is 1. The predicted molar refractivity (Wildman–Crippen MR) is 55.8 cm³/mol. The van der Waals surface area contributed by atoms with Gasteiger partial charge in [-0.15, -0.1) is 11.3 Å². The van der Waals surface area contributed by atoms with E-state index in [4.69, 9.17) is 0 Å². The molecule has 0 saturated carbocycles. The Balaban J connectivity index is 2.57. The van der Waals surface area contributed by atoms with Crippen LogP contribution in [0.4, 0.5) is 0 Å². The van der Waals surface area contributed by atoms with Gasteiger partial charge in [0.05, 0.1) is 13.2 Å². The number of fused-ring (bicyclic) bond motifs is 1. The molecule has 88 valence electrons. The first-order valence-electron chi connectivity index (χ1n) is 4.35. The number of carbonyl (C=O) groups excluding carboxylic acids is 1. The smallest absolute Gasteiger partial charge is 0.348 e. The van der Waals surface area contributed by atoms with Crippen LogP contribution in [0.1, 0.15) is 21.3 Å². The van der Waals surface area contributed by atoms with E-state index in [2.05, 4.69) is 9.46 Å². The topological polar surface area (TPSA) is 92.7 Å². The van der Waals surface area contributed by atoms with Gasteiger partial charge in [0.15, 0.2) is 0 Å². The van der Waals surface area contributed by atoms with Gasteiger partial charge in [-0.05, 0) is 6.07 Å². The molecule has 0 amide bonds. The van der Waals surface area contributed by atoms with Crippen molar-refractivity contribution >= 4 is 27.3 Å². The van der Waals surface area contributed by atoms with Crippen molar-refractivity contribution in [1.82, 2.24) is 4.72 Å². The van der Waals surface area contributed by atoms with Crippen LogP contribution in [-0.2, 0) is 14.8 Å². The van der Waals surface area contributed by atoms with Crippen LogP contribution in [-0.4, -0.2) is 33.1 Å². The van der Waals surface area contributed by atoms with Gasteiger partial charge in [-0.25, -0.2) is 17.9 Å². The van der Waals surface area contributed by atoms with Crippen molar-refractivity contribution < 1.29 is 23.1 Å². The molecule has 0 radical (unpaired) electrons. The van der Waals surface area contributed by atoms with Crippen molar-refractivity contribution in [1.29, 1.82) is 0 Å². The number of esters is 1. The van der Waals surface area contributed by atoms with Gasteiger partial charge in [-0.2, -0.15) is 0 Å². The van der Waals surface area contributed by atoms with E-state index in [0.717, 1.165) is 11.3 Å². The first kappa shape index (κ1) is 11.5. The molecule has 2 rings (SSSR count). The van der Waals surface area contributed by atoms with Crippen LogP contribution in [0.15, 0.2) is 10.3 Å². The third kappa shape index (κ3) is 1.73. The maximum absolute atomic E-state index is 11.6. The molecule has 0 fully saturated rings. The van der Waals surface area contributed by atoms with Crippen molar-refractivity contribution in [2.45, 2.75) is 10.3 Å². The number of methoxy groups -OCH3 is 1. The molecule has 0 bridgehead atoms. The van der Waals surface area contributed by atoms with Gasteiger partial charge < -0.3 is 9.84 Å². The molecule has 1 aromatic heterocycles. The minimum Gasteiger partial charge on any atom is -0.465 e. The van der Waals surface area contributed by atoms with Gasteiger partial charge in [0.2, 0.25) is 0 Å². The van der Waals surface area contributed by atoms with Crippen molar-refractivity contribution in [2.24, 2.45) is 0 Å². The molecule has 2 heterocycles. The Kier molecular flexibility index (Phi) is 2.74. The Morgan fingerprint density at radius 1 is 1.69 bits per heavy atom. The van der Waals surface area contributed by atoms with Crippen LogP contribution in [0.2, 0.25) is 0 Å². The van der Waals surface area contributed by atoms with E-state index in [-0.39, 0.29) is 21.2 Å². The lowest BCUT2D eigenvalue weighted by Gasteiger charge is -2.18. The van der Waals surface area contributed by atoms with Gasteiger partial charge in [0.1, 0.15) is 9.09 Å². The summed E-state index contributed by atoms with van der Waals surface area (Å²) in [5.41, 5.74) is 0.254. The summed E-state index contributed by atoms with van der Waals surface area (Å²) in [4.78, 5) is 11.4. The number of hydrogen-bond donors (Lipinski definition) is 2. The highest BCUT2D eigenvalue weighted by Gasteiger charge is 2.32. The average Bonchev–Trinajstić information content (AvgIpc) is 2.69. The Morgan fingerprint density at radius 2 is 2.38 bits per heavy atom. The molecule has 16 heavy (non-hydrogen) atoms. The Hall–Kier alpha value is -0.960. The monoisotopic (exact) mass is 263 g/mol. The lowest BCUT2D eigenvalue weighted by molar-refractivity contribution is 0.0606. The Labute approximate surface area is 95.9 Å². The molecule has 2 N–H and O–H groups in total. The Morgan fingerprint density at radius 3 is 2.94 bits per heavy atom. The third-order valence-corrected chi connectivity index (χ3v) is 5.29. The van der Waals surface area contributed by atoms with Gasteiger partial charge in [0, 0.05) is 12.1 Å². The minimum atomic E-state index is -3.60. The number of sulfonamides is 1. The van der Waals surface area contributed by atoms with Gasteiger partial charge in [-0.3, -0.25) is 0 Å². The molecule has 0 spiro atoms. The van der Waals surface area contributed by atoms with Gasteiger partial charge in [-0.1, -0.05) is 0 Å². The van der Waals surface area contributed by atoms with Crippen LogP contribution in [0.5, 0.6) is 0 Å². The zero-order chi connectivity index (χ0) is 11.9. The summed E-state index contributed by atoms with van der Waals surface area (Å²) in [6.45, 7) is -0.0767. The van der Waals surface area contributed by atoms with Gasteiger partial charge in [0.25, 0.3) is 10.0 Å². The number of rotatable bonds is 1. The maximum Gasteiger partial charge on any atom is 0.348 e. The van der Waals surface area contributed by atoms with E-state index in [1.165, 1.54) is 13.2 Å². The number of carbonyl (C=O) groups is 1. The number of ether oxygens (including phenoxy) is 1. The standard InChI is InChI=1S/C8H9NO5S2/c1-14-7(11)6-2-4-5(10)3-9-16(12,13)8(4)15-6/h2,5,9-10H,3H2,1H3. The lowest BCUT2D eigenvalue weighted by atomic mass is 10.2. The van der Waals surface area contributed by atoms with Crippen molar-refractivity contribution in [3.05, 3.63) is 16.5 Å². The number of thiophene rings is 1. The maximum atomic E-state index is 11.6. The van der Waals surface area contributed by atoms with Crippen LogP contribution < -0.4 is 4.72 Å². The summed E-state index contributed by atoms with van der Waals surface area (Å²) in [5.74, 6) is -0.609. The van der Waals surface area contributed by atoms with Crippen molar-refractivity contribution in [3.63, 3.8) is 0 Å². The molecule has 0 aromatic carbocycles. The number of aliphatic hydroxyl groups is 1. The van der Waals surface area contributed by atoms with Crippen LogP contribution in [0, 0.1) is 0 Å². The average molecular weight is 263 g/mol. The van der Waals surface area contributed by atoms with E-state index < -0.39 is 22.1 Å². The van der Waals surface area contributed by atoms with E-state index in [1.54, 1.807) is 0 Å². The number of hydrogen-bond acceptors (Lipinski definition) is 6. The second-order valence-electron chi connectivity index (χ2n) is 3.21. The summed E-state index contributed by atoms with van der Waals surface area (Å²) in [7, 11) is -2.38. The largest absolute Gasteiger partial charge is 0.465 e. The second kappa shape index (κ2) is 3.81. The first-order valence-corrected chi connectivity index (χ1v) is 6.65. The molecule has 1 aliphatic heterocycles. The highest BCUT2D eigenvalue weighted by Crippen LogP contribution is 2.34. The molecule has 1 aromatic rings. The Bertz CT molecular complexity index is 533. The fraction of sp³-hybridized carbons (Fsp3) is 0.375. The van der Waals surface area contributed by atoms with E-state index >= 15 is 0 Å². The van der Waals surface area contributed by atoms with E-state index in [1.807, 2.05) is 0 Å². The molecule has 0 saturated heterocycles. The highest BCUT2D eigenvalue weighted by atomic mass is 32.2. The molecule has 0 aliphatic carbocycles. The summed E-state index contributed by atoms with van der Waals surface area (Å²) in [5, 5.41) is 9.59. The summed E-state index contributed by atoms with van der Waals surface area (Å²) in [6, 6.07) is 1.36. The summed E-state index contributed by atoms with van der Waals surface area (Å²) < 4.78 is 29.8. The molecule has 1 aliphatic rings. The molecular weight excluding hydrogens is 254 g/mol. The zero-order valence-electron chi connectivity index (χ0n) is 8.26. The molecular formula is C8H9NO5S2. The van der Waals surface area contributed by atoms with E-state index in [9.17, 15) is 18.3 Å². The van der Waals surface area contributed by atoms with Gasteiger partial charge >= 0.3 is 5.97 Å². The molecule has 1 unspecified atom stereocenters. The fourth-order valence-electron chi connectivity index (χ4n) is 1.40. The van der Waals surface area contributed by atoms with Crippen LogP contribution in [0.3, 0.4) is 0 Å². The quantitative estimate of drug-likeness (QED) is 0.688. The highest BCUT2D eigenvalue weighted by molar-refractivity contribution is 7.91. The summed E-state index contributed by atoms with van der Waals surface area (Å²) >= 11 is 0.794. The van der Waals surface area contributed by atoms with Crippen LogP contribution >= 0.6 is 11.3 Å². The first-order chi connectivity index (χ1) is 7.45. The van der Waals surface area contributed by atoms with Crippen LogP contribution in [0.25, 0.3) is 0 Å². The molecule has 6 nitrogen and oxygen atoms in total. The van der Waals surface area contributed by atoms with Crippen molar-refractivity contribution in [2.75, 3.05) is 13.7 Å². The fourth-order valence-corrected chi connectivity index (χ4v) is 4.16. The molecule has 1 atom stereocenters. The minimum absolute atomic E-state index is 0.0216. The lowest BCUT2D eigenvalue weighted by Crippen LogP contribution is -2.33. The predicted octanol–water partition coefficient (Wildman–Crippen LogP) is -0.140. The number of nitrogens with one attached hydrogen (secondary N) is 1. The SMILES string of the molecule is COC(=O)c1cc2c(s1)S(=O)(=O)NCC2O. The zero-order valence-corrected chi connectivity index (χ0v) is 9.89. The number of β-amino-alcohol motifs (C(OH)–C–C–N with tert-alkyl or cyclic N) is 1. The van der Waals surface area contributed by atoms with Crippen molar-refractivity contribution in [3.8, 4) is 0 Å². The van der Waals surface area contributed by atoms with E-state index in [0.29, 0.717) is 0 Å².